The smallest absolute Gasteiger partial charge is 0.411 e. The molecule has 1 fully saturated rings. The molecule has 2 N–H and O–H groups in total. The molecule has 20 heavy (non-hydrogen) atoms. The summed E-state index contributed by atoms with van der Waals surface area (Å²) < 4.78 is 10.6. The minimum atomic E-state index is -0.668. The van der Waals surface area contributed by atoms with Crippen molar-refractivity contribution in [2.45, 2.75) is 71.2 Å². The minimum Gasteiger partial charge on any atom is -0.458 e. The van der Waals surface area contributed by atoms with E-state index in [1.807, 2.05) is 0 Å². The Labute approximate surface area is 120 Å². The number of hydrogen-bond donors (Lipinski definition) is 1. The Hall–Kier alpha value is -1.30. The van der Waals surface area contributed by atoms with Crippen LogP contribution in [0.4, 0.5) is 4.79 Å². The number of likely N-dealkylation sites (tertiary alicyclic amines) is 1. The topological polar surface area (TPSA) is 81.9 Å². The first-order valence-corrected chi connectivity index (χ1v) is 6.87. The molecule has 1 aliphatic rings. The second-order valence-corrected chi connectivity index (χ2v) is 7.18. The molecular formula is C14H26N2O4. The van der Waals surface area contributed by atoms with Gasteiger partial charge in [0.05, 0.1) is 0 Å². The Balaban J connectivity index is 2.78. The van der Waals surface area contributed by atoms with Gasteiger partial charge in [0.15, 0.2) is 0 Å². The van der Waals surface area contributed by atoms with Crippen LogP contribution in [0.25, 0.3) is 0 Å². The average Bonchev–Trinajstić information content (AvgIpc) is 2.55. The predicted octanol–water partition coefficient (Wildman–Crippen LogP) is 1.66. The van der Waals surface area contributed by atoms with Crippen LogP contribution in [0.15, 0.2) is 0 Å². The highest BCUT2D eigenvalue weighted by atomic mass is 16.6. The lowest BCUT2D eigenvalue weighted by molar-refractivity contribution is -0.160. The maximum atomic E-state index is 12.2. The summed E-state index contributed by atoms with van der Waals surface area (Å²) in [5.41, 5.74) is 4.66. The summed E-state index contributed by atoms with van der Waals surface area (Å²) in [5.74, 6) is -0.434. The Morgan fingerprint density at radius 3 is 2.00 bits per heavy atom. The molecule has 1 rings (SSSR count). The zero-order valence-corrected chi connectivity index (χ0v) is 13.2. The van der Waals surface area contributed by atoms with Gasteiger partial charge in [-0.15, -0.1) is 0 Å². The molecule has 1 aliphatic heterocycles. The van der Waals surface area contributed by atoms with E-state index >= 15 is 0 Å². The molecule has 1 amide bonds. The van der Waals surface area contributed by atoms with E-state index < -0.39 is 29.3 Å². The summed E-state index contributed by atoms with van der Waals surface area (Å²) in [7, 11) is 0. The van der Waals surface area contributed by atoms with Gasteiger partial charge in [-0.1, -0.05) is 0 Å². The molecule has 0 aromatic carbocycles. The molecule has 0 aromatic heterocycles. The van der Waals surface area contributed by atoms with Crippen molar-refractivity contribution in [3.63, 3.8) is 0 Å². The van der Waals surface area contributed by atoms with Crippen molar-refractivity contribution < 1.29 is 19.1 Å². The highest BCUT2D eigenvalue weighted by Gasteiger charge is 2.42. The molecule has 6 nitrogen and oxygen atoms in total. The number of hydrogen-bond acceptors (Lipinski definition) is 5. The van der Waals surface area contributed by atoms with Crippen LogP contribution in [0.3, 0.4) is 0 Å². The van der Waals surface area contributed by atoms with Gasteiger partial charge in [-0.25, -0.2) is 9.59 Å². The second-order valence-electron chi connectivity index (χ2n) is 7.18. The fourth-order valence-electron chi connectivity index (χ4n) is 1.98. The molecule has 116 valence electrons. The number of nitrogens with two attached hydrogens (primary N) is 1. The standard InChI is InChI=1S/C14H26N2O4/c1-13(2,3)19-11(17)10-7-9(15)8-16(10)12(18)20-14(4,5)6/h9-10H,7-8,15H2,1-6H3/t9?,10-/m0/s1. The normalized spacial score (nSPS) is 23.6. The zero-order valence-electron chi connectivity index (χ0n) is 13.2. The summed E-state index contributed by atoms with van der Waals surface area (Å²) >= 11 is 0. The van der Waals surface area contributed by atoms with E-state index in [9.17, 15) is 9.59 Å². The summed E-state index contributed by atoms with van der Waals surface area (Å²) in [6, 6.07) is -0.904. The monoisotopic (exact) mass is 286 g/mol. The molecule has 1 saturated heterocycles. The van der Waals surface area contributed by atoms with E-state index in [4.69, 9.17) is 15.2 Å². The SMILES string of the molecule is CC(C)(C)OC(=O)[C@@H]1CC(N)CN1C(=O)OC(C)(C)C. The van der Waals surface area contributed by atoms with Crippen molar-refractivity contribution in [3.05, 3.63) is 0 Å². The summed E-state index contributed by atoms with van der Waals surface area (Å²) in [4.78, 5) is 25.7. The molecule has 2 atom stereocenters. The van der Waals surface area contributed by atoms with Gasteiger partial charge in [-0.2, -0.15) is 0 Å². The van der Waals surface area contributed by atoms with Crippen LogP contribution in [-0.2, 0) is 14.3 Å². The summed E-state index contributed by atoms with van der Waals surface area (Å²) in [6.45, 7) is 11.0. The first-order chi connectivity index (χ1) is 8.89. The molecule has 6 heteroatoms. The molecule has 0 aliphatic carbocycles. The Bertz CT molecular complexity index is 346. The van der Waals surface area contributed by atoms with Gasteiger partial charge in [-0.3, -0.25) is 4.90 Å². The summed E-state index contributed by atoms with van der Waals surface area (Å²) in [5, 5.41) is 0. The van der Waals surface area contributed by atoms with Crippen LogP contribution >= 0.6 is 0 Å². The molecule has 0 saturated carbocycles. The predicted molar refractivity (Wildman–Crippen MR) is 75.2 cm³/mol. The second kappa shape index (κ2) is 5.60. The molecule has 0 spiro atoms. The third kappa shape index (κ3) is 5.00. The van der Waals surface area contributed by atoms with E-state index in [1.165, 1.54) is 4.90 Å². The molecule has 0 radical (unpaired) electrons. The minimum absolute atomic E-state index is 0.236. The Kier molecular flexibility index (Phi) is 4.69. The van der Waals surface area contributed by atoms with E-state index in [0.717, 1.165) is 0 Å². The van der Waals surface area contributed by atoms with Gasteiger partial charge in [-0.05, 0) is 48.0 Å². The largest absolute Gasteiger partial charge is 0.458 e. The van der Waals surface area contributed by atoms with Crippen LogP contribution in [0.5, 0.6) is 0 Å². The van der Waals surface area contributed by atoms with Gasteiger partial charge in [0.2, 0.25) is 0 Å². The number of carbonyl (C=O) groups is 2. The van der Waals surface area contributed by atoms with Crippen molar-refractivity contribution >= 4 is 12.1 Å². The quantitative estimate of drug-likeness (QED) is 0.741. The zero-order chi connectivity index (χ0) is 15.7. The highest BCUT2D eigenvalue weighted by Crippen LogP contribution is 2.23. The van der Waals surface area contributed by atoms with Crippen LogP contribution in [-0.4, -0.2) is 46.8 Å². The van der Waals surface area contributed by atoms with Gasteiger partial charge in [0.1, 0.15) is 17.2 Å². The maximum Gasteiger partial charge on any atom is 0.411 e. The van der Waals surface area contributed by atoms with E-state index in [0.29, 0.717) is 13.0 Å². The van der Waals surface area contributed by atoms with Crippen molar-refractivity contribution in [3.8, 4) is 0 Å². The summed E-state index contributed by atoms with van der Waals surface area (Å²) in [6.07, 6.45) is -0.130. The van der Waals surface area contributed by atoms with Crippen LogP contribution < -0.4 is 5.73 Å². The molecule has 0 bridgehead atoms. The number of esters is 1. The number of amides is 1. The average molecular weight is 286 g/mol. The van der Waals surface area contributed by atoms with Crippen LogP contribution in [0, 0.1) is 0 Å². The van der Waals surface area contributed by atoms with Gasteiger partial charge >= 0.3 is 12.1 Å². The number of ether oxygens (including phenoxy) is 2. The number of carbonyl (C=O) groups excluding carboxylic acids is 2. The first kappa shape index (κ1) is 16.8. The van der Waals surface area contributed by atoms with E-state index in [2.05, 4.69) is 0 Å². The van der Waals surface area contributed by atoms with Gasteiger partial charge in [0, 0.05) is 12.6 Å². The molecule has 1 unspecified atom stereocenters. The highest BCUT2D eigenvalue weighted by molar-refractivity contribution is 5.82. The van der Waals surface area contributed by atoms with Gasteiger partial charge in [0.25, 0.3) is 0 Å². The third-order valence-corrected chi connectivity index (χ3v) is 2.64. The Morgan fingerprint density at radius 1 is 1.05 bits per heavy atom. The van der Waals surface area contributed by atoms with Crippen molar-refractivity contribution in [2.24, 2.45) is 5.73 Å². The Morgan fingerprint density at radius 2 is 1.55 bits per heavy atom. The lowest BCUT2D eigenvalue weighted by Crippen LogP contribution is -2.45. The fourth-order valence-corrected chi connectivity index (χ4v) is 1.98. The third-order valence-electron chi connectivity index (χ3n) is 2.64. The van der Waals surface area contributed by atoms with Crippen LogP contribution in [0.2, 0.25) is 0 Å². The lowest BCUT2D eigenvalue weighted by Gasteiger charge is -2.29. The van der Waals surface area contributed by atoms with Crippen molar-refractivity contribution in [1.82, 2.24) is 4.90 Å². The molecule has 0 aromatic rings. The van der Waals surface area contributed by atoms with Crippen molar-refractivity contribution in [2.75, 3.05) is 6.54 Å². The number of rotatable bonds is 1. The fraction of sp³-hybridized carbons (Fsp3) is 0.857. The maximum absolute atomic E-state index is 12.2. The molecular weight excluding hydrogens is 260 g/mol. The van der Waals surface area contributed by atoms with Crippen LogP contribution in [0.1, 0.15) is 48.0 Å². The number of nitrogens with zero attached hydrogens (tertiary/aromatic N) is 1. The molecule has 1 heterocycles. The van der Waals surface area contributed by atoms with E-state index in [-0.39, 0.29) is 6.04 Å². The van der Waals surface area contributed by atoms with E-state index in [1.54, 1.807) is 41.5 Å². The van der Waals surface area contributed by atoms with Gasteiger partial charge < -0.3 is 15.2 Å². The first-order valence-electron chi connectivity index (χ1n) is 6.87. The lowest BCUT2D eigenvalue weighted by atomic mass is 10.1. The van der Waals surface area contributed by atoms with Crippen molar-refractivity contribution in [1.29, 1.82) is 0 Å².